The quantitative estimate of drug-likeness (QED) is 0.0261. The van der Waals surface area contributed by atoms with Gasteiger partial charge in [-0.25, -0.2) is 0 Å². The lowest BCUT2D eigenvalue weighted by Crippen LogP contribution is -2.60. The third-order valence-corrected chi connectivity index (χ3v) is 15.7. The monoisotopic (exact) mass is 1060 g/mol. The van der Waals surface area contributed by atoms with Gasteiger partial charge in [0.25, 0.3) is 0 Å². The van der Waals surface area contributed by atoms with Crippen LogP contribution in [0.4, 0.5) is 0 Å². The van der Waals surface area contributed by atoms with Crippen molar-refractivity contribution in [3.05, 3.63) is 36.5 Å². The molecule has 1 fully saturated rings. The number of allylic oxidation sites excluding steroid dienone is 5. The third kappa shape index (κ3) is 44.9. The van der Waals surface area contributed by atoms with Gasteiger partial charge in [-0.1, -0.05) is 294 Å². The van der Waals surface area contributed by atoms with E-state index in [1.807, 2.05) is 6.08 Å². The summed E-state index contributed by atoms with van der Waals surface area (Å²) >= 11 is 0. The van der Waals surface area contributed by atoms with Gasteiger partial charge in [-0.3, -0.25) is 4.79 Å². The molecule has 75 heavy (non-hydrogen) atoms. The summed E-state index contributed by atoms with van der Waals surface area (Å²) in [5.74, 6) is -0.183. The summed E-state index contributed by atoms with van der Waals surface area (Å²) in [5, 5.41) is 54.6. The fourth-order valence-electron chi connectivity index (χ4n) is 10.5. The number of ether oxygens (including phenoxy) is 2. The molecule has 6 N–H and O–H groups in total. The number of unbranched alkanes of at least 4 members (excludes halogenated alkanes) is 43. The molecule has 1 aliphatic rings. The Morgan fingerprint density at radius 3 is 1.12 bits per heavy atom. The van der Waals surface area contributed by atoms with Gasteiger partial charge in [0.05, 0.1) is 25.4 Å². The first-order chi connectivity index (χ1) is 36.8. The van der Waals surface area contributed by atoms with Gasteiger partial charge in [0.1, 0.15) is 24.4 Å². The van der Waals surface area contributed by atoms with Crippen molar-refractivity contribution in [2.24, 2.45) is 0 Å². The Kier molecular flexibility index (Phi) is 53.1. The van der Waals surface area contributed by atoms with Crippen molar-refractivity contribution in [3.63, 3.8) is 0 Å². The van der Waals surface area contributed by atoms with Gasteiger partial charge in [-0.2, -0.15) is 0 Å². The van der Waals surface area contributed by atoms with E-state index in [1.54, 1.807) is 6.08 Å². The van der Waals surface area contributed by atoms with E-state index in [1.165, 1.54) is 263 Å². The lowest BCUT2D eigenvalue weighted by atomic mass is 9.99. The molecule has 1 amide bonds. The molecule has 7 atom stereocenters. The number of carbonyl (C=O) groups excluding carboxylic acids is 1. The lowest BCUT2D eigenvalue weighted by Gasteiger charge is -2.40. The zero-order chi connectivity index (χ0) is 54.3. The number of rotatable bonds is 57. The van der Waals surface area contributed by atoms with E-state index in [-0.39, 0.29) is 12.5 Å². The largest absolute Gasteiger partial charge is 0.394 e. The molecular weight excluding hydrogens is 935 g/mol. The molecule has 0 spiro atoms. The molecule has 0 bridgehead atoms. The first kappa shape index (κ1) is 71.4. The van der Waals surface area contributed by atoms with E-state index in [0.29, 0.717) is 6.42 Å². The average Bonchev–Trinajstić information content (AvgIpc) is 3.41. The van der Waals surface area contributed by atoms with E-state index in [2.05, 4.69) is 43.5 Å². The van der Waals surface area contributed by atoms with E-state index < -0.39 is 49.5 Å². The molecule has 0 radical (unpaired) electrons. The van der Waals surface area contributed by atoms with Crippen LogP contribution in [-0.2, 0) is 14.3 Å². The molecule has 0 aromatic carbocycles. The van der Waals surface area contributed by atoms with Crippen LogP contribution < -0.4 is 5.32 Å². The summed E-state index contributed by atoms with van der Waals surface area (Å²) in [6, 6.07) is -0.823. The minimum atomic E-state index is -1.57. The first-order valence-electron chi connectivity index (χ1n) is 32.7. The minimum Gasteiger partial charge on any atom is -0.394 e. The highest BCUT2D eigenvalue weighted by Gasteiger charge is 2.44. The van der Waals surface area contributed by atoms with Crippen LogP contribution in [0.3, 0.4) is 0 Å². The van der Waals surface area contributed by atoms with Gasteiger partial charge >= 0.3 is 0 Å². The average molecular weight is 1060 g/mol. The topological polar surface area (TPSA) is 149 Å². The van der Waals surface area contributed by atoms with Crippen molar-refractivity contribution in [2.75, 3.05) is 13.2 Å². The van der Waals surface area contributed by atoms with Crippen molar-refractivity contribution in [2.45, 2.75) is 365 Å². The number of nitrogens with one attached hydrogen (secondary N) is 1. The Hall–Kier alpha value is -1.59. The van der Waals surface area contributed by atoms with Crippen LogP contribution in [0, 0.1) is 0 Å². The zero-order valence-corrected chi connectivity index (χ0v) is 49.3. The summed E-state index contributed by atoms with van der Waals surface area (Å²) in [6.45, 7) is 3.81. The number of amides is 1. The van der Waals surface area contributed by atoms with Crippen LogP contribution in [0.1, 0.15) is 322 Å². The molecule has 1 rings (SSSR count). The molecule has 0 aromatic heterocycles. The van der Waals surface area contributed by atoms with Gasteiger partial charge < -0.3 is 40.3 Å². The Balaban J connectivity index is 2.19. The molecule has 442 valence electrons. The normalized spacial score (nSPS) is 19.1. The van der Waals surface area contributed by atoms with Gasteiger partial charge in [0.2, 0.25) is 5.91 Å². The van der Waals surface area contributed by atoms with Gasteiger partial charge in [-0.05, 0) is 57.8 Å². The molecular formula is C66H125NO8. The maximum atomic E-state index is 13.1. The van der Waals surface area contributed by atoms with Crippen molar-refractivity contribution in [3.8, 4) is 0 Å². The number of aliphatic hydroxyl groups is 5. The molecule has 1 heterocycles. The van der Waals surface area contributed by atoms with E-state index >= 15 is 0 Å². The van der Waals surface area contributed by atoms with Crippen LogP contribution in [0.2, 0.25) is 0 Å². The van der Waals surface area contributed by atoms with E-state index in [9.17, 15) is 30.3 Å². The Morgan fingerprint density at radius 1 is 0.440 bits per heavy atom. The van der Waals surface area contributed by atoms with Crippen LogP contribution in [0.15, 0.2) is 36.5 Å². The molecule has 9 nitrogen and oxygen atoms in total. The van der Waals surface area contributed by atoms with Crippen LogP contribution in [0.5, 0.6) is 0 Å². The fourth-order valence-corrected chi connectivity index (χ4v) is 10.5. The number of carbonyl (C=O) groups is 1. The van der Waals surface area contributed by atoms with Gasteiger partial charge in [0, 0.05) is 6.42 Å². The second kappa shape index (κ2) is 55.7. The second-order valence-electron chi connectivity index (χ2n) is 22.9. The number of hydrogen-bond donors (Lipinski definition) is 6. The van der Waals surface area contributed by atoms with Crippen LogP contribution >= 0.6 is 0 Å². The highest BCUT2D eigenvalue weighted by atomic mass is 16.7. The number of aliphatic hydroxyl groups excluding tert-OH is 5. The molecule has 0 aliphatic carbocycles. The summed E-state index contributed by atoms with van der Waals surface area (Å²) in [7, 11) is 0. The highest BCUT2D eigenvalue weighted by Crippen LogP contribution is 2.23. The fraction of sp³-hybridized carbons (Fsp3) is 0.894. The molecule has 0 aromatic rings. The third-order valence-electron chi connectivity index (χ3n) is 15.7. The predicted molar refractivity (Wildman–Crippen MR) is 318 cm³/mol. The zero-order valence-electron chi connectivity index (χ0n) is 49.3. The summed E-state index contributed by atoms with van der Waals surface area (Å²) in [5.41, 5.74) is 0. The van der Waals surface area contributed by atoms with E-state index in [0.717, 1.165) is 38.5 Å². The summed E-state index contributed by atoms with van der Waals surface area (Å²) < 4.78 is 11.3. The Morgan fingerprint density at radius 2 is 0.760 bits per heavy atom. The number of hydrogen-bond acceptors (Lipinski definition) is 8. The maximum absolute atomic E-state index is 13.1. The SMILES string of the molecule is CCCCCCCCCCCCCC/C=C\CCCCCCCCCCCCCC(=O)NC(COC1OC(CO)C(O)C(O)C1O)C(O)/C=C/CC/C=C/CCCCCCCCCCCCCCCCCCCCC. The minimum absolute atomic E-state index is 0.183. The lowest BCUT2D eigenvalue weighted by molar-refractivity contribution is -0.302. The molecule has 1 aliphatic heterocycles. The molecule has 7 unspecified atom stereocenters. The smallest absolute Gasteiger partial charge is 0.220 e. The summed E-state index contributed by atoms with van der Waals surface area (Å²) in [6.07, 6.45) is 66.7. The van der Waals surface area contributed by atoms with Gasteiger partial charge in [-0.15, -0.1) is 0 Å². The Bertz CT molecular complexity index is 1270. The van der Waals surface area contributed by atoms with Crippen molar-refractivity contribution < 1.29 is 39.8 Å². The summed E-state index contributed by atoms with van der Waals surface area (Å²) in [4.78, 5) is 13.1. The second-order valence-corrected chi connectivity index (χ2v) is 22.9. The first-order valence-corrected chi connectivity index (χ1v) is 32.7. The predicted octanol–water partition coefficient (Wildman–Crippen LogP) is 17.1. The Labute approximate surface area is 463 Å². The molecule has 9 heteroatoms. The van der Waals surface area contributed by atoms with Crippen LogP contribution in [0.25, 0.3) is 0 Å². The van der Waals surface area contributed by atoms with Gasteiger partial charge in [0.15, 0.2) is 6.29 Å². The molecule has 1 saturated heterocycles. The standard InChI is InChI=1S/C66H125NO8/c1-3-5-7-9-11-13-15-17-19-21-23-25-27-29-30-32-34-36-38-40-42-44-46-48-50-52-54-56-62(70)67-59(58-74-66-65(73)64(72)63(71)61(57-68)75-66)60(69)55-53-51-49-47-45-43-41-39-37-35-33-31-28-26-24-22-20-18-16-14-12-10-8-6-4-2/h29-30,45,47,53,55,59-61,63-66,68-69,71-73H,3-28,31-44,46,48-52,54,56-58H2,1-2H3,(H,67,70)/b30-29-,47-45+,55-53+. The van der Waals surface area contributed by atoms with Crippen molar-refractivity contribution >= 4 is 5.91 Å². The maximum Gasteiger partial charge on any atom is 0.220 e. The van der Waals surface area contributed by atoms with Crippen molar-refractivity contribution in [1.82, 2.24) is 5.32 Å². The molecule has 0 saturated carbocycles. The van der Waals surface area contributed by atoms with Crippen LogP contribution in [-0.4, -0.2) is 87.5 Å². The van der Waals surface area contributed by atoms with E-state index in [4.69, 9.17) is 9.47 Å². The highest BCUT2D eigenvalue weighted by molar-refractivity contribution is 5.76. The van der Waals surface area contributed by atoms with Crippen molar-refractivity contribution in [1.29, 1.82) is 0 Å².